The number of sulfone groups is 1. The number of hydrogen-bond donors (Lipinski definition) is 1. The molecule has 2 fully saturated rings. The fourth-order valence-corrected chi connectivity index (χ4v) is 5.88. The van der Waals surface area contributed by atoms with Crippen molar-refractivity contribution in [1.82, 2.24) is 29.5 Å². The molecular formula is C25H32F2N8O5S. The third-order valence-corrected chi connectivity index (χ3v) is 8.39. The van der Waals surface area contributed by atoms with Crippen LogP contribution in [0, 0.1) is 5.82 Å². The van der Waals surface area contributed by atoms with Gasteiger partial charge in [-0.3, -0.25) is 0 Å². The van der Waals surface area contributed by atoms with Crippen molar-refractivity contribution in [1.29, 1.82) is 0 Å². The number of piperidine rings is 1. The molecule has 2 aliphatic heterocycles. The molecule has 3 aromatic heterocycles. The number of methoxy groups -OCH3 is 1. The second-order valence-corrected chi connectivity index (χ2v) is 13.3. The van der Waals surface area contributed by atoms with E-state index in [1.165, 1.54) is 22.7 Å². The Labute approximate surface area is 235 Å². The minimum absolute atomic E-state index is 0.0119. The molecule has 2 atom stereocenters. The Kier molecular flexibility index (Phi) is 7.61. The summed E-state index contributed by atoms with van der Waals surface area (Å²) in [6.45, 7) is 5.92. The smallest absolute Gasteiger partial charge is 0.410 e. The van der Waals surface area contributed by atoms with Gasteiger partial charge in [0.05, 0.1) is 37.1 Å². The largest absolute Gasteiger partial charge is 0.493 e. The molecule has 0 aromatic carbocycles. The van der Waals surface area contributed by atoms with Crippen molar-refractivity contribution in [2.24, 2.45) is 0 Å². The first-order valence-corrected chi connectivity index (χ1v) is 15.0. The van der Waals surface area contributed by atoms with Crippen LogP contribution in [0.4, 0.5) is 25.3 Å². The number of alkyl halides is 1. The zero-order valence-corrected chi connectivity index (χ0v) is 24.0. The van der Waals surface area contributed by atoms with Gasteiger partial charge in [-0.15, -0.1) is 5.10 Å². The minimum atomic E-state index is -3.13. The van der Waals surface area contributed by atoms with Crippen molar-refractivity contribution >= 4 is 33.3 Å². The fourth-order valence-electron chi connectivity index (χ4n) is 4.68. The first-order chi connectivity index (χ1) is 19.3. The summed E-state index contributed by atoms with van der Waals surface area (Å²) in [5, 5.41) is 7.50. The van der Waals surface area contributed by atoms with Crippen molar-refractivity contribution in [2.45, 2.75) is 45.0 Å². The van der Waals surface area contributed by atoms with Gasteiger partial charge in [-0.1, -0.05) is 0 Å². The van der Waals surface area contributed by atoms with E-state index in [2.05, 4.69) is 25.4 Å². The third-order valence-electron chi connectivity index (χ3n) is 6.78. The summed E-state index contributed by atoms with van der Waals surface area (Å²) >= 11 is 0. The van der Waals surface area contributed by atoms with Crippen LogP contribution >= 0.6 is 0 Å². The van der Waals surface area contributed by atoms with Crippen LogP contribution in [0.3, 0.4) is 0 Å². The van der Waals surface area contributed by atoms with Gasteiger partial charge < -0.3 is 24.6 Å². The number of imidazole rings is 1. The number of hydrogen-bond acceptors (Lipinski definition) is 11. The summed E-state index contributed by atoms with van der Waals surface area (Å²) in [5.74, 6) is -0.0670. The van der Waals surface area contributed by atoms with E-state index >= 15 is 4.39 Å². The number of amides is 1. The minimum Gasteiger partial charge on any atom is -0.493 e. The molecule has 13 nitrogen and oxygen atoms in total. The number of carbonyl (C=O) groups is 1. The van der Waals surface area contributed by atoms with Gasteiger partial charge in [0, 0.05) is 32.2 Å². The molecule has 0 radical (unpaired) electrons. The van der Waals surface area contributed by atoms with Gasteiger partial charge in [-0.25, -0.2) is 41.5 Å². The highest BCUT2D eigenvalue weighted by atomic mass is 32.2. The lowest BCUT2D eigenvalue weighted by Crippen LogP contribution is -2.52. The number of halogens is 2. The Morgan fingerprint density at radius 1 is 1.15 bits per heavy atom. The molecule has 0 bridgehead atoms. The van der Waals surface area contributed by atoms with Gasteiger partial charge in [-0.05, 0) is 27.2 Å². The molecule has 16 heteroatoms. The molecule has 0 saturated carbocycles. The summed E-state index contributed by atoms with van der Waals surface area (Å²) in [7, 11) is -1.66. The van der Waals surface area contributed by atoms with Crippen LogP contribution in [0.1, 0.15) is 27.2 Å². The number of fused-ring (bicyclic) bond motifs is 1. The highest BCUT2D eigenvalue weighted by Gasteiger charge is 2.34. The number of anilines is 2. The van der Waals surface area contributed by atoms with Crippen molar-refractivity contribution in [3.05, 3.63) is 24.3 Å². The topological polar surface area (TPSA) is 144 Å². The molecule has 2 aliphatic rings. The molecule has 2 saturated heterocycles. The number of carbonyl (C=O) groups excluding carboxylic acids is 1. The van der Waals surface area contributed by atoms with E-state index in [0.717, 1.165) is 6.20 Å². The van der Waals surface area contributed by atoms with Gasteiger partial charge in [0.1, 0.15) is 23.2 Å². The van der Waals surface area contributed by atoms with E-state index in [1.807, 2.05) is 0 Å². The third kappa shape index (κ3) is 6.26. The highest BCUT2D eigenvalue weighted by Crippen LogP contribution is 2.31. The first kappa shape index (κ1) is 28.7. The first-order valence-electron chi connectivity index (χ1n) is 13.1. The van der Waals surface area contributed by atoms with Crippen molar-refractivity contribution in [3.8, 4) is 17.1 Å². The number of likely N-dealkylation sites (tertiary alicyclic amines) is 1. The quantitative estimate of drug-likeness (QED) is 0.465. The normalized spacial score (nSPS) is 21.1. The number of nitrogens with zero attached hydrogens (tertiary/aromatic N) is 7. The summed E-state index contributed by atoms with van der Waals surface area (Å²) < 4.78 is 66.0. The Morgan fingerprint density at radius 3 is 2.56 bits per heavy atom. The summed E-state index contributed by atoms with van der Waals surface area (Å²) in [6, 6.07) is 0.773. The molecular weight excluding hydrogens is 562 g/mol. The Hall–Kier alpha value is -3.82. The maximum atomic E-state index is 15.1. The molecule has 41 heavy (non-hydrogen) atoms. The summed E-state index contributed by atoms with van der Waals surface area (Å²) in [4.78, 5) is 28.3. The molecule has 3 aromatic rings. The fraction of sp³-hybridized carbons (Fsp3) is 0.560. The van der Waals surface area contributed by atoms with Crippen molar-refractivity contribution < 1.29 is 31.5 Å². The average molecular weight is 595 g/mol. The Bertz CT molecular complexity index is 1550. The number of rotatable bonds is 5. The van der Waals surface area contributed by atoms with Gasteiger partial charge in [0.2, 0.25) is 5.95 Å². The Morgan fingerprint density at radius 2 is 1.88 bits per heavy atom. The number of ether oxygens (including phenoxy) is 2. The standard InChI is InChI=1S/C25H32F2N8O5S/c1-25(2,3)40-24(36)34-6-5-15(26)17(14-34)30-23-29-12-16(27)21(31-23)18-13-28-20-11-19(39-4)22(32-35(18)20)33-7-9-41(37,38)10-8-33/h11-13,15,17H,5-10,14H2,1-4H3,(H,29,30,31)/t15-,17-/m0/s1. The van der Waals surface area contributed by atoms with Crippen LogP contribution in [0.2, 0.25) is 0 Å². The van der Waals surface area contributed by atoms with Crippen molar-refractivity contribution in [2.75, 3.05) is 55.0 Å². The van der Waals surface area contributed by atoms with Crippen LogP contribution in [-0.2, 0) is 14.6 Å². The van der Waals surface area contributed by atoms with Crippen LogP contribution < -0.4 is 15.0 Å². The summed E-state index contributed by atoms with van der Waals surface area (Å²) in [6.07, 6.45) is 0.596. The second kappa shape index (κ2) is 10.9. The molecule has 222 valence electrons. The van der Waals surface area contributed by atoms with E-state index in [9.17, 15) is 17.6 Å². The van der Waals surface area contributed by atoms with Gasteiger partial charge in [0.25, 0.3) is 0 Å². The molecule has 5 heterocycles. The lowest BCUT2D eigenvalue weighted by Gasteiger charge is -2.36. The maximum Gasteiger partial charge on any atom is 0.410 e. The van der Waals surface area contributed by atoms with E-state index in [-0.39, 0.29) is 61.4 Å². The van der Waals surface area contributed by atoms with Crippen LogP contribution in [0.15, 0.2) is 18.5 Å². The zero-order valence-electron chi connectivity index (χ0n) is 23.2. The number of aromatic nitrogens is 5. The van der Waals surface area contributed by atoms with Gasteiger partial charge >= 0.3 is 6.09 Å². The second-order valence-electron chi connectivity index (χ2n) is 11.0. The molecule has 0 spiro atoms. The van der Waals surface area contributed by atoms with E-state index in [1.54, 1.807) is 31.7 Å². The zero-order chi connectivity index (χ0) is 29.5. The predicted molar refractivity (Wildman–Crippen MR) is 146 cm³/mol. The molecule has 0 aliphatic carbocycles. The lowest BCUT2D eigenvalue weighted by molar-refractivity contribution is 0.0150. The Balaban J connectivity index is 1.42. The SMILES string of the molecule is COc1cc2ncc(-c3nc(N[C@H]4CN(C(=O)OC(C)(C)C)CC[C@@H]4F)ncc3F)n2nc1N1CCS(=O)(=O)CC1. The van der Waals surface area contributed by atoms with E-state index in [4.69, 9.17) is 9.47 Å². The lowest BCUT2D eigenvalue weighted by atomic mass is 10.0. The molecule has 0 unspecified atom stereocenters. The van der Waals surface area contributed by atoms with Crippen LogP contribution in [0.25, 0.3) is 17.0 Å². The highest BCUT2D eigenvalue weighted by molar-refractivity contribution is 7.91. The summed E-state index contributed by atoms with van der Waals surface area (Å²) in [5.41, 5.74) is -0.275. The molecule has 5 rings (SSSR count). The predicted octanol–water partition coefficient (Wildman–Crippen LogP) is 2.33. The monoisotopic (exact) mass is 594 g/mol. The molecule has 1 N–H and O–H groups in total. The van der Waals surface area contributed by atoms with Gasteiger partial charge in [-0.2, -0.15) is 0 Å². The maximum absolute atomic E-state index is 15.1. The van der Waals surface area contributed by atoms with Gasteiger partial charge in [0.15, 0.2) is 32.9 Å². The van der Waals surface area contributed by atoms with E-state index < -0.39 is 39.6 Å². The molecule has 1 amide bonds. The van der Waals surface area contributed by atoms with Crippen LogP contribution in [-0.4, -0.2) is 107 Å². The average Bonchev–Trinajstić information content (AvgIpc) is 3.32. The van der Waals surface area contributed by atoms with Crippen molar-refractivity contribution in [3.63, 3.8) is 0 Å². The van der Waals surface area contributed by atoms with E-state index in [0.29, 0.717) is 17.2 Å². The van der Waals surface area contributed by atoms with Crippen LogP contribution in [0.5, 0.6) is 5.75 Å². The number of nitrogens with one attached hydrogen (secondary N) is 1.